The van der Waals surface area contributed by atoms with E-state index >= 15 is 0 Å². The number of ether oxygens (including phenoxy) is 2. The lowest BCUT2D eigenvalue weighted by atomic mass is 9.98. The van der Waals surface area contributed by atoms with Gasteiger partial charge in [-0.2, -0.15) is 0 Å². The second-order valence-electron chi connectivity index (χ2n) is 6.63. The van der Waals surface area contributed by atoms with Crippen LogP contribution in [0.5, 0.6) is 0 Å². The first-order valence-electron chi connectivity index (χ1n) is 9.82. The molecular formula is C18H37IN4O2. The highest BCUT2D eigenvalue weighted by Crippen LogP contribution is 2.20. The highest BCUT2D eigenvalue weighted by molar-refractivity contribution is 14.0. The van der Waals surface area contributed by atoms with Crippen molar-refractivity contribution in [1.29, 1.82) is 0 Å². The van der Waals surface area contributed by atoms with Crippen LogP contribution in [0.2, 0.25) is 0 Å². The Kier molecular flexibility index (Phi) is 13.7. The summed E-state index contributed by atoms with van der Waals surface area (Å²) in [6, 6.07) is 0. The second kappa shape index (κ2) is 15.0. The van der Waals surface area contributed by atoms with Gasteiger partial charge in [-0.15, -0.1) is 24.0 Å². The summed E-state index contributed by atoms with van der Waals surface area (Å²) in [6.45, 7) is 10.4. The van der Waals surface area contributed by atoms with Crippen LogP contribution in [0.3, 0.4) is 0 Å². The number of guanidine groups is 1. The highest BCUT2D eigenvalue weighted by atomic mass is 127. The minimum atomic E-state index is 0. The van der Waals surface area contributed by atoms with Crippen LogP contribution in [0.1, 0.15) is 45.4 Å². The zero-order valence-electron chi connectivity index (χ0n) is 15.8. The van der Waals surface area contributed by atoms with Crippen molar-refractivity contribution in [3.05, 3.63) is 0 Å². The van der Waals surface area contributed by atoms with Gasteiger partial charge in [-0.25, -0.2) is 0 Å². The third-order valence-electron chi connectivity index (χ3n) is 4.65. The Labute approximate surface area is 170 Å². The standard InChI is InChI=1S/C18H36N4O2.HI/c1-2-19-18(21-10-11-22-12-15-23-16-13-22)20-9-6-14-24-17-7-4-3-5-8-17;/h17H,2-16H2,1H3,(H2,19,20,21);1H. The molecule has 0 aromatic heterocycles. The minimum absolute atomic E-state index is 0. The van der Waals surface area contributed by atoms with Crippen molar-refractivity contribution < 1.29 is 9.47 Å². The van der Waals surface area contributed by atoms with E-state index in [9.17, 15) is 0 Å². The lowest BCUT2D eigenvalue weighted by Crippen LogP contribution is -2.44. The van der Waals surface area contributed by atoms with Crippen molar-refractivity contribution in [2.45, 2.75) is 51.6 Å². The number of hydrogen-bond acceptors (Lipinski definition) is 4. The van der Waals surface area contributed by atoms with Gasteiger partial charge < -0.3 is 20.1 Å². The van der Waals surface area contributed by atoms with Gasteiger partial charge in [0.1, 0.15) is 0 Å². The van der Waals surface area contributed by atoms with Gasteiger partial charge in [0.05, 0.1) is 19.3 Å². The normalized spacial score (nSPS) is 20.1. The summed E-state index contributed by atoms with van der Waals surface area (Å²) in [5, 5.41) is 6.74. The number of morpholine rings is 1. The summed E-state index contributed by atoms with van der Waals surface area (Å²) in [5.41, 5.74) is 0. The van der Waals surface area contributed by atoms with Gasteiger partial charge in [-0.1, -0.05) is 19.3 Å². The number of rotatable bonds is 9. The molecule has 2 N–H and O–H groups in total. The first-order valence-corrected chi connectivity index (χ1v) is 9.82. The third kappa shape index (κ3) is 10.6. The predicted molar refractivity (Wildman–Crippen MR) is 114 cm³/mol. The fourth-order valence-electron chi connectivity index (χ4n) is 3.24. The molecule has 2 fully saturated rings. The van der Waals surface area contributed by atoms with E-state index in [1.165, 1.54) is 32.1 Å². The molecule has 1 aliphatic carbocycles. The van der Waals surface area contributed by atoms with Crippen LogP contribution >= 0.6 is 24.0 Å². The van der Waals surface area contributed by atoms with E-state index in [0.717, 1.165) is 71.5 Å². The molecule has 2 aliphatic rings. The summed E-state index contributed by atoms with van der Waals surface area (Å²) in [7, 11) is 0. The summed E-state index contributed by atoms with van der Waals surface area (Å²) < 4.78 is 11.3. The van der Waals surface area contributed by atoms with Gasteiger partial charge in [0.25, 0.3) is 0 Å². The van der Waals surface area contributed by atoms with Gasteiger partial charge in [0.2, 0.25) is 0 Å². The molecule has 0 bridgehead atoms. The van der Waals surface area contributed by atoms with Crippen molar-refractivity contribution in [2.24, 2.45) is 4.99 Å². The number of nitrogens with zero attached hydrogens (tertiary/aromatic N) is 2. The van der Waals surface area contributed by atoms with E-state index < -0.39 is 0 Å². The second-order valence-corrected chi connectivity index (χ2v) is 6.63. The van der Waals surface area contributed by atoms with Crippen LogP contribution < -0.4 is 10.6 Å². The maximum Gasteiger partial charge on any atom is 0.191 e. The van der Waals surface area contributed by atoms with E-state index in [1.54, 1.807) is 0 Å². The quantitative estimate of drug-likeness (QED) is 0.235. The zero-order chi connectivity index (χ0) is 16.9. The molecule has 0 unspecified atom stereocenters. The highest BCUT2D eigenvalue weighted by Gasteiger charge is 2.13. The van der Waals surface area contributed by atoms with Gasteiger partial charge in [-0.05, 0) is 26.2 Å². The monoisotopic (exact) mass is 468 g/mol. The Morgan fingerprint density at radius 3 is 2.64 bits per heavy atom. The van der Waals surface area contributed by atoms with Crippen LogP contribution in [0.15, 0.2) is 4.99 Å². The molecule has 6 nitrogen and oxygen atoms in total. The van der Waals surface area contributed by atoms with Crippen molar-refractivity contribution >= 4 is 29.9 Å². The summed E-state index contributed by atoms with van der Waals surface area (Å²) in [6.07, 6.45) is 8.04. The molecule has 0 amide bonds. The van der Waals surface area contributed by atoms with E-state index in [4.69, 9.17) is 9.47 Å². The molecule has 0 atom stereocenters. The molecule has 7 heteroatoms. The maximum absolute atomic E-state index is 5.96. The van der Waals surface area contributed by atoms with Gasteiger partial charge in [0.15, 0.2) is 5.96 Å². The van der Waals surface area contributed by atoms with Gasteiger partial charge >= 0.3 is 0 Å². The topological polar surface area (TPSA) is 58.1 Å². The first-order chi connectivity index (χ1) is 11.9. The van der Waals surface area contributed by atoms with Crippen molar-refractivity contribution in [3.63, 3.8) is 0 Å². The largest absolute Gasteiger partial charge is 0.379 e. The Hall–Kier alpha value is -0.120. The number of hydrogen-bond donors (Lipinski definition) is 2. The van der Waals surface area contributed by atoms with Crippen molar-refractivity contribution in [3.8, 4) is 0 Å². The van der Waals surface area contributed by atoms with E-state index in [1.807, 2.05) is 0 Å². The summed E-state index contributed by atoms with van der Waals surface area (Å²) in [4.78, 5) is 7.08. The van der Waals surface area contributed by atoms with Crippen LogP contribution in [0.25, 0.3) is 0 Å². The van der Waals surface area contributed by atoms with Crippen LogP contribution in [-0.2, 0) is 9.47 Å². The molecule has 0 aromatic rings. The Morgan fingerprint density at radius 2 is 1.92 bits per heavy atom. The molecule has 0 spiro atoms. The van der Waals surface area contributed by atoms with Crippen LogP contribution in [-0.4, -0.2) is 76.1 Å². The predicted octanol–water partition coefficient (Wildman–Crippen LogP) is 2.23. The Balaban J connectivity index is 0.00000312. The summed E-state index contributed by atoms with van der Waals surface area (Å²) in [5.74, 6) is 0.920. The number of nitrogens with one attached hydrogen (secondary N) is 2. The van der Waals surface area contributed by atoms with E-state index in [0.29, 0.717) is 6.10 Å². The minimum Gasteiger partial charge on any atom is -0.379 e. The first kappa shape index (κ1) is 22.9. The van der Waals surface area contributed by atoms with Gasteiger partial charge in [-0.3, -0.25) is 9.89 Å². The van der Waals surface area contributed by atoms with E-state index in [-0.39, 0.29) is 24.0 Å². The average Bonchev–Trinajstić information content (AvgIpc) is 2.63. The lowest BCUT2D eigenvalue weighted by molar-refractivity contribution is 0.0281. The molecule has 0 radical (unpaired) electrons. The Morgan fingerprint density at radius 1 is 1.16 bits per heavy atom. The van der Waals surface area contributed by atoms with Crippen LogP contribution in [0.4, 0.5) is 0 Å². The van der Waals surface area contributed by atoms with Crippen molar-refractivity contribution in [1.82, 2.24) is 15.5 Å². The number of halogens is 1. The molecule has 1 heterocycles. The zero-order valence-corrected chi connectivity index (χ0v) is 18.1. The smallest absolute Gasteiger partial charge is 0.191 e. The molecule has 1 saturated heterocycles. The lowest BCUT2D eigenvalue weighted by Gasteiger charge is -2.26. The fourth-order valence-corrected chi connectivity index (χ4v) is 3.24. The molecule has 148 valence electrons. The fraction of sp³-hybridized carbons (Fsp3) is 0.944. The maximum atomic E-state index is 5.96. The summed E-state index contributed by atoms with van der Waals surface area (Å²) >= 11 is 0. The van der Waals surface area contributed by atoms with Gasteiger partial charge in [0, 0.05) is 45.9 Å². The molecule has 1 aliphatic heterocycles. The van der Waals surface area contributed by atoms with E-state index in [2.05, 4.69) is 27.4 Å². The molecule has 2 rings (SSSR count). The molecule has 0 aromatic carbocycles. The number of aliphatic imine (C=N–C) groups is 1. The third-order valence-corrected chi connectivity index (χ3v) is 4.65. The molecule has 25 heavy (non-hydrogen) atoms. The van der Waals surface area contributed by atoms with Crippen molar-refractivity contribution in [2.75, 3.05) is 59.1 Å². The molecule has 1 saturated carbocycles. The molecular weight excluding hydrogens is 431 g/mol. The Bertz CT molecular complexity index is 346. The average molecular weight is 468 g/mol. The van der Waals surface area contributed by atoms with Crippen LogP contribution in [0, 0.1) is 0 Å². The SMILES string of the molecule is CCNC(=NCCCOC1CCCCC1)NCCN1CCOCC1.I.